The molecule has 2 heterocycles. The Hall–Kier alpha value is -1.39. The van der Waals surface area contributed by atoms with Crippen LogP contribution in [0.3, 0.4) is 0 Å². The number of hydrogen-bond donors (Lipinski definition) is 2. The van der Waals surface area contributed by atoms with E-state index in [1.807, 2.05) is 7.05 Å². The van der Waals surface area contributed by atoms with Crippen LogP contribution in [0.5, 0.6) is 0 Å². The van der Waals surface area contributed by atoms with Crippen molar-refractivity contribution in [2.45, 2.75) is 38.1 Å². The van der Waals surface area contributed by atoms with Crippen LogP contribution in [-0.4, -0.2) is 26.2 Å². The molecule has 2 aliphatic rings. The number of benzene rings is 1. The quantitative estimate of drug-likeness (QED) is 0.899. The summed E-state index contributed by atoms with van der Waals surface area (Å²) in [7, 11) is 2.02. The number of carbonyl (C=O) groups is 1. The second kappa shape index (κ2) is 6.58. The second-order valence-electron chi connectivity index (χ2n) is 6.06. The number of anilines is 1. The summed E-state index contributed by atoms with van der Waals surface area (Å²) in [5.74, 6) is 0.662. The van der Waals surface area contributed by atoms with Crippen molar-refractivity contribution in [3.8, 4) is 0 Å². The monoisotopic (exact) mass is 288 g/mol. The minimum Gasteiger partial charge on any atom is -0.381 e. The third-order valence-corrected chi connectivity index (χ3v) is 4.59. The molecular formula is C17H24N2O2. The molecule has 0 saturated carbocycles. The molecule has 1 amide bonds. The lowest BCUT2D eigenvalue weighted by Gasteiger charge is -2.30. The topological polar surface area (TPSA) is 50.4 Å². The smallest absolute Gasteiger partial charge is 0.224 e. The van der Waals surface area contributed by atoms with Gasteiger partial charge in [-0.05, 0) is 49.9 Å². The maximum absolute atomic E-state index is 11.6. The van der Waals surface area contributed by atoms with Gasteiger partial charge in [0.05, 0.1) is 6.61 Å². The lowest BCUT2D eigenvalue weighted by atomic mass is 9.87. The molecule has 1 fully saturated rings. The number of hydrogen-bond acceptors (Lipinski definition) is 3. The number of amides is 1. The number of nitrogens with one attached hydrogen (secondary N) is 2. The Morgan fingerprint density at radius 3 is 3.00 bits per heavy atom. The zero-order valence-electron chi connectivity index (χ0n) is 12.7. The summed E-state index contributed by atoms with van der Waals surface area (Å²) in [6.45, 7) is 1.72. The van der Waals surface area contributed by atoms with Gasteiger partial charge in [0.25, 0.3) is 0 Å². The standard InChI is InChI=1S/C17H24N2O2/c1-18-17(14-5-3-9-21-11-14)13-7-8-15-12(10-13)4-2-6-16(20)19-15/h7-8,10,14,17-18H,2-6,9,11H2,1H3,(H,19,20). The minimum absolute atomic E-state index is 0.132. The molecule has 0 spiro atoms. The summed E-state index contributed by atoms with van der Waals surface area (Å²) in [6.07, 6.45) is 4.87. The highest BCUT2D eigenvalue weighted by molar-refractivity contribution is 5.92. The molecule has 3 rings (SSSR count). The molecule has 1 aromatic rings. The maximum Gasteiger partial charge on any atom is 0.224 e. The molecule has 4 nitrogen and oxygen atoms in total. The number of carbonyl (C=O) groups excluding carboxylic acids is 1. The summed E-state index contributed by atoms with van der Waals surface area (Å²) in [6, 6.07) is 6.79. The van der Waals surface area contributed by atoms with E-state index in [4.69, 9.17) is 4.74 Å². The largest absolute Gasteiger partial charge is 0.381 e. The Kier molecular flexibility index (Phi) is 4.56. The van der Waals surface area contributed by atoms with Gasteiger partial charge in [-0.3, -0.25) is 4.79 Å². The fourth-order valence-corrected chi connectivity index (χ4v) is 3.49. The van der Waals surface area contributed by atoms with Gasteiger partial charge in [0.15, 0.2) is 0 Å². The van der Waals surface area contributed by atoms with Crippen LogP contribution in [0.4, 0.5) is 5.69 Å². The van der Waals surface area contributed by atoms with Crippen LogP contribution in [-0.2, 0) is 16.0 Å². The average molecular weight is 288 g/mol. The van der Waals surface area contributed by atoms with Gasteiger partial charge >= 0.3 is 0 Å². The van der Waals surface area contributed by atoms with E-state index in [0.717, 1.165) is 38.2 Å². The van der Waals surface area contributed by atoms with Crippen LogP contribution in [0.25, 0.3) is 0 Å². The summed E-state index contributed by atoms with van der Waals surface area (Å²) >= 11 is 0. The van der Waals surface area contributed by atoms with E-state index in [2.05, 4.69) is 28.8 Å². The molecule has 1 saturated heterocycles. The van der Waals surface area contributed by atoms with E-state index in [1.54, 1.807) is 0 Å². The molecule has 114 valence electrons. The Morgan fingerprint density at radius 2 is 2.24 bits per heavy atom. The number of fused-ring (bicyclic) bond motifs is 1. The Balaban J connectivity index is 1.84. The van der Waals surface area contributed by atoms with Gasteiger partial charge in [-0.2, -0.15) is 0 Å². The van der Waals surface area contributed by atoms with Crippen molar-refractivity contribution in [2.24, 2.45) is 5.92 Å². The van der Waals surface area contributed by atoms with Crippen molar-refractivity contribution in [3.05, 3.63) is 29.3 Å². The average Bonchev–Trinajstić information content (AvgIpc) is 2.69. The zero-order valence-corrected chi connectivity index (χ0v) is 12.7. The van der Waals surface area contributed by atoms with Gasteiger partial charge in [0.1, 0.15) is 0 Å². The summed E-state index contributed by atoms with van der Waals surface area (Å²) < 4.78 is 5.64. The number of aryl methyl sites for hydroxylation is 1. The Labute approximate surface area is 126 Å². The number of rotatable bonds is 3. The van der Waals surface area contributed by atoms with Crippen molar-refractivity contribution in [1.82, 2.24) is 5.32 Å². The van der Waals surface area contributed by atoms with E-state index in [9.17, 15) is 4.79 Å². The highest BCUT2D eigenvalue weighted by atomic mass is 16.5. The maximum atomic E-state index is 11.6. The number of ether oxygens (including phenoxy) is 1. The lowest BCUT2D eigenvalue weighted by molar-refractivity contribution is -0.116. The fourth-order valence-electron chi connectivity index (χ4n) is 3.49. The first-order valence-electron chi connectivity index (χ1n) is 7.95. The van der Waals surface area contributed by atoms with Gasteiger partial charge in [0.2, 0.25) is 5.91 Å². The first-order chi connectivity index (χ1) is 10.3. The van der Waals surface area contributed by atoms with E-state index < -0.39 is 0 Å². The highest BCUT2D eigenvalue weighted by Gasteiger charge is 2.25. The fraction of sp³-hybridized carbons (Fsp3) is 0.588. The van der Waals surface area contributed by atoms with Crippen molar-refractivity contribution in [1.29, 1.82) is 0 Å². The third kappa shape index (κ3) is 3.27. The van der Waals surface area contributed by atoms with E-state index in [-0.39, 0.29) is 5.91 Å². The lowest BCUT2D eigenvalue weighted by Crippen LogP contribution is -2.31. The molecular weight excluding hydrogens is 264 g/mol. The minimum atomic E-state index is 0.132. The normalized spacial score (nSPS) is 23.9. The van der Waals surface area contributed by atoms with Crippen LogP contribution < -0.4 is 10.6 Å². The molecule has 0 aliphatic carbocycles. The zero-order chi connectivity index (χ0) is 14.7. The van der Waals surface area contributed by atoms with Gasteiger partial charge in [-0.15, -0.1) is 0 Å². The molecule has 2 unspecified atom stereocenters. The summed E-state index contributed by atoms with van der Waals surface area (Å²) in [4.78, 5) is 11.6. The van der Waals surface area contributed by atoms with Crippen LogP contribution in [0.1, 0.15) is 42.9 Å². The SMILES string of the molecule is CNC(c1ccc2c(c1)CCCC(=O)N2)C1CCCOC1. The van der Waals surface area contributed by atoms with Crippen LogP contribution in [0.2, 0.25) is 0 Å². The van der Waals surface area contributed by atoms with Crippen LogP contribution >= 0.6 is 0 Å². The molecule has 0 radical (unpaired) electrons. The van der Waals surface area contributed by atoms with E-state index in [0.29, 0.717) is 18.4 Å². The van der Waals surface area contributed by atoms with Crippen molar-refractivity contribution in [2.75, 3.05) is 25.6 Å². The molecule has 1 aromatic carbocycles. The van der Waals surface area contributed by atoms with Gasteiger partial charge in [-0.25, -0.2) is 0 Å². The van der Waals surface area contributed by atoms with Crippen molar-refractivity contribution < 1.29 is 9.53 Å². The molecule has 2 aliphatic heterocycles. The predicted octanol–water partition coefficient (Wildman–Crippen LogP) is 2.65. The highest BCUT2D eigenvalue weighted by Crippen LogP contribution is 2.32. The summed E-state index contributed by atoms with van der Waals surface area (Å²) in [5.41, 5.74) is 3.55. The molecule has 2 N–H and O–H groups in total. The van der Waals surface area contributed by atoms with Crippen molar-refractivity contribution in [3.63, 3.8) is 0 Å². The van der Waals surface area contributed by atoms with Gasteiger partial charge < -0.3 is 15.4 Å². The van der Waals surface area contributed by atoms with Crippen LogP contribution in [0.15, 0.2) is 18.2 Å². The summed E-state index contributed by atoms with van der Waals surface area (Å²) in [5, 5.41) is 6.45. The first-order valence-corrected chi connectivity index (χ1v) is 7.95. The molecule has 0 bridgehead atoms. The van der Waals surface area contributed by atoms with Crippen LogP contribution in [0, 0.1) is 5.92 Å². The molecule has 21 heavy (non-hydrogen) atoms. The first kappa shape index (κ1) is 14.5. The third-order valence-electron chi connectivity index (χ3n) is 4.59. The van der Waals surface area contributed by atoms with Crippen molar-refractivity contribution >= 4 is 11.6 Å². The second-order valence-corrected chi connectivity index (χ2v) is 6.06. The Bertz CT molecular complexity index is 510. The van der Waals surface area contributed by atoms with Gasteiger partial charge in [-0.1, -0.05) is 12.1 Å². The predicted molar refractivity (Wildman–Crippen MR) is 83.4 cm³/mol. The van der Waals surface area contributed by atoms with Gasteiger partial charge in [0, 0.05) is 30.7 Å². The molecule has 2 atom stereocenters. The Morgan fingerprint density at radius 1 is 1.33 bits per heavy atom. The van der Waals surface area contributed by atoms with E-state index in [1.165, 1.54) is 17.5 Å². The molecule has 4 heteroatoms. The van der Waals surface area contributed by atoms with E-state index >= 15 is 0 Å². The molecule has 0 aromatic heterocycles.